The first-order valence-electron chi connectivity index (χ1n) is 7.19. The van der Waals surface area contributed by atoms with Crippen molar-refractivity contribution in [1.82, 2.24) is 10.2 Å². The van der Waals surface area contributed by atoms with E-state index in [4.69, 9.17) is 9.47 Å². The van der Waals surface area contributed by atoms with Gasteiger partial charge < -0.3 is 14.8 Å². The van der Waals surface area contributed by atoms with Crippen molar-refractivity contribution in [1.29, 1.82) is 0 Å². The Morgan fingerprint density at radius 3 is 2.56 bits per heavy atom. The Bertz CT molecular complexity index is 263. The highest BCUT2D eigenvalue weighted by Crippen LogP contribution is 2.32. The third kappa shape index (κ3) is 3.23. The largest absolute Gasteiger partial charge is 0.381 e. The van der Waals surface area contributed by atoms with Gasteiger partial charge in [0.25, 0.3) is 0 Å². The van der Waals surface area contributed by atoms with Crippen LogP contribution in [0.3, 0.4) is 0 Å². The summed E-state index contributed by atoms with van der Waals surface area (Å²) in [5.74, 6) is 0. The molecule has 2 aliphatic heterocycles. The minimum Gasteiger partial charge on any atom is -0.381 e. The maximum Gasteiger partial charge on any atom is 0.0645 e. The van der Waals surface area contributed by atoms with E-state index in [-0.39, 0.29) is 5.54 Å². The summed E-state index contributed by atoms with van der Waals surface area (Å²) in [5.41, 5.74) is 0.449. The summed E-state index contributed by atoms with van der Waals surface area (Å²) in [7, 11) is 0. The molecule has 0 aromatic carbocycles. The predicted octanol–water partition coefficient (Wildman–Crippen LogP) is 1.11. The molecule has 2 heterocycles. The molecule has 0 aliphatic carbocycles. The molecule has 1 atom stereocenters. The number of hydrogen-bond donors (Lipinski definition) is 1. The van der Waals surface area contributed by atoms with Gasteiger partial charge in [-0.15, -0.1) is 0 Å². The van der Waals surface area contributed by atoms with Crippen LogP contribution in [-0.2, 0) is 9.47 Å². The number of hydrogen-bond acceptors (Lipinski definition) is 4. The topological polar surface area (TPSA) is 33.7 Å². The van der Waals surface area contributed by atoms with Gasteiger partial charge in [-0.3, -0.25) is 4.90 Å². The Labute approximate surface area is 111 Å². The van der Waals surface area contributed by atoms with E-state index in [0.29, 0.717) is 5.41 Å². The molecule has 18 heavy (non-hydrogen) atoms. The smallest absolute Gasteiger partial charge is 0.0645 e. The van der Waals surface area contributed by atoms with Crippen LogP contribution < -0.4 is 5.32 Å². The number of nitrogens with one attached hydrogen (secondary N) is 1. The lowest BCUT2D eigenvalue weighted by Crippen LogP contribution is -2.57. The van der Waals surface area contributed by atoms with Crippen LogP contribution in [0.2, 0.25) is 0 Å². The summed E-state index contributed by atoms with van der Waals surface area (Å²) < 4.78 is 11.3. The highest BCUT2D eigenvalue weighted by atomic mass is 16.5. The van der Waals surface area contributed by atoms with Crippen molar-refractivity contribution in [3.63, 3.8) is 0 Å². The van der Waals surface area contributed by atoms with Crippen molar-refractivity contribution < 1.29 is 9.47 Å². The van der Waals surface area contributed by atoms with Gasteiger partial charge in [0.15, 0.2) is 0 Å². The molecule has 0 radical (unpaired) electrons. The number of nitrogens with zero attached hydrogens (tertiary/aromatic N) is 1. The fourth-order valence-electron chi connectivity index (χ4n) is 2.95. The Morgan fingerprint density at radius 2 is 1.94 bits per heavy atom. The molecule has 0 spiro atoms. The highest BCUT2D eigenvalue weighted by molar-refractivity contribution is 4.93. The summed E-state index contributed by atoms with van der Waals surface area (Å²) >= 11 is 0. The second kappa shape index (κ2) is 5.87. The van der Waals surface area contributed by atoms with E-state index in [1.54, 1.807) is 0 Å². The Hall–Kier alpha value is -0.160. The summed E-state index contributed by atoms with van der Waals surface area (Å²) in [5, 5.41) is 3.51. The second-order valence-electron chi connectivity index (χ2n) is 6.37. The first-order chi connectivity index (χ1) is 8.58. The average Bonchev–Trinajstić information content (AvgIpc) is 2.79. The third-order valence-corrected chi connectivity index (χ3v) is 4.28. The van der Waals surface area contributed by atoms with Gasteiger partial charge in [0.2, 0.25) is 0 Å². The van der Waals surface area contributed by atoms with Crippen LogP contribution in [0.1, 0.15) is 27.2 Å². The fourth-order valence-corrected chi connectivity index (χ4v) is 2.95. The van der Waals surface area contributed by atoms with Crippen LogP contribution in [0.15, 0.2) is 0 Å². The van der Waals surface area contributed by atoms with E-state index in [9.17, 15) is 0 Å². The van der Waals surface area contributed by atoms with Gasteiger partial charge in [0.05, 0.1) is 19.8 Å². The minimum atomic E-state index is 0.153. The molecule has 0 aromatic rings. The molecule has 2 rings (SSSR count). The standard InChI is InChI=1S/C14H28N2O2/c1-4-15-9-14(5-7-17-12-14)10-16-6-8-18-11-13(16,2)3/h15H,4-12H2,1-3H3. The number of ether oxygens (including phenoxy) is 2. The number of rotatable bonds is 5. The molecule has 1 N–H and O–H groups in total. The van der Waals surface area contributed by atoms with Gasteiger partial charge in [-0.25, -0.2) is 0 Å². The molecule has 4 heteroatoms. The van der Waals surface area contributed by atoms with Gasteiger partial charge in [-0.1, -0.05) is 6.92 Å². The lowest BCUT2D eigenvalue weighted by molar-refractivity contribution is -0.0687. The number of morpholine rings is 1. The monoisotopic (exact) mass is 256 g/mol. The van der Waals surface area contributed by atoms with E-state index >= 15 is 0 Å². The SMILES string of the molecule is CCNCC1(CN2CCOCC2(C)C)CCOC1. The zero-order valence-corrected chi connectivity index (χ0v) is 12.1. The van der Waals surface area contributed by atoms with Crippen LogP contribution in [0.4, 0.5) is 0 Å². The summed E-state index contributed by atoms with van der Waals surface area (Å²) in [6, 6.07) is 0. The maximum absolute atomic E-state index is 5.67. The van der Waals surface area contributed by atoms with E-state index < -0.39 is 0 Å². The van der Waals surface area contributed by atoms with Crippen LogP contribution in [0.5, 0.6) is 0 Å². The zero-order valence-electron chi connectivity index (χ0n) is 12.1. The van der Waals surface area contributed by atoms with Gasteiger partial charge in [-0.05, 0) is 26.8 Å². The molecule has 2 fully saturated rings. The maximum atomic E-state index is 5.67. The van der Waals surface area contributed by atoms with Crippen molar-refractivity contribution in [2.45, 2.75) is 32.7 Å². The van der Waals surface area contributed by atoms with Crippen molar-refractivity contribution in [3.8, 4) is 0 Å². The molecular weight excluding hydrogens is 228 g/mol. The van der Waals surface area contributed by atoms with Crippen LogP contribution in [0, 0.1) is 5.41 Å². The van der Waals surface area contributed by atoms with E-state index in [1.165, 1.54) is 6.42 Å². The normalized spacial score (nSPS) is 32.8. The Morgan fingerprint density at radius 1 is 1.17 bits per heavy atom. The summed E-state index contributed by atoms with van der Waals surface area (Å²) in [6.07, 6.45) is 1.17. The van der Waals surface area contributed by atoms with Gasteiger partial charge in [0.1, 0.15) is 0 Å². The van der Waals surface area contributed by atoms with Crippen LogP contribution in [0.25, 0.3) is 0 Å². The zero-order chi connectivity index (χ0) is 13.1. The molecule has 2 saturated heterocycles. The van der Waals surface area contributed by atoms with Crippen LogP contribution in [-0.4, -0.2) is 63.0 Å². The van der Waals surface area contributed by atoms with Crippen molar-refractivity contribution in [2.75, 3.05) is 52.6 Å². The molecule has 4 nitrogen and oxygen atoms in total. The molecule has 0 aromatic heterocycles. The molecular formula is C14H28N2O2. The van der Waals surface area contributed by atoms with Crippen LogP contribution >= 0.6 is 0 Å². The summed E-state index contributed by atoms with van der Waals surface area (Å²) in [4.78, 5) is 2.59. The van der Waals surface area contributed by atoms with E-state index in [0.717, 1.165) is 52.6 Å². The van der Waals surface area contributed by atoms with Gasteiger partial charge in [0, 0.05) is 37.2 Å². The Kier molecular flexibility index (Phi) is 4.64. The minimum absolute atomic E-state index is 0.153. The summed E-state index contributed by atoms with van der Waals surface area (Å²) in [6.45, 7) is 14.5. The lowest BCUT2D eigenvalue weighted by atomic mass is 9.84. The van der Waals surface area contributed by atoms with Crippen molar-refractivity contribution in [3.05, 3.63) is 0 Å². The van der Waals surface area contributed by atoms with E-state index in [2.05, 4.69) is 31.0 Å². The van der Waals surface area contributed by atoms with Crippen molar-refractivity contribution >= 4 is 0 Å². The lowest BCUT2D eigenvalue weighted by Gasteiger charge is -2.46. The van der Waals surface area contributed by atoms with Gasteiger partial charge >= 0.3 is 0 Å². The molecule has 0 bridgehead atoms. The highest BCUT2D eigenvalue weighted by Gasteiger charge is 2.40. The molecule has 2 aliphatic rings. The fraction of sp³-hybridized carbons (Fsp3) is 1.00. The molecule has 0 amide bonds. The molecule has 0 saturated carbocycles. The average molecular weight is 256 g/mol. The van der Waals surface area contributed by atoms with Gasteiger partial charge in [-0.2, -0.15) is 0 Å². The quantitative estimate of drug-likeness (QED) is 0.799. The molecule has 1 unspecified atom stereocenters. The molecule has 106 valence electrons. The first-order valence-corrected chi connectivity index (χ1v) is 7.19. The van der Waals surface area contributed by atoms with E-state index in [1.807, 2.05) is 0 Å². The first kappa shape index (κ1) is 14.3. The second-order valence-corrected chi connectivity index (χ2v) is 6.37. The predicted molar refractivity (Wildman–Crippen MR) is 72.9 cm³/mol. The third-order valence-electron chi connectivity index (χ3n) is 4.28. The van der Waals surface area contributed by atoms with Crippen molar-refractivity contribution in [2.24, 2.45) is 5.41 Å². The Balaban J connectivity index is 1.99.